The number of rotatable bonds is 3. The summed E-state index contributed by atoms with van der Waals surface area (Å²) in [4.78, 5) is 14.2. The van der Waals surface area contributed by atoms with Crippen LogP contribution in [0.25, 0.3) is 0 Å². The molecule has 0 aromatic heterocycles. The number of hydrogen-bond donors (Lipinski definition) is 1. The van der Waals surface area contributed by atoms with E-state index in [2.05, 4.69) is 18.7 Å². The molecule has 2 atom stereocenters. The molecule has 0 spiro atoms. The highest BCUT2D eigenvalue weighted by molar-refractivity contribution is 5.75. The first-order chi connectivity index (χ1) is 8.91. The monoisotopic (exact) mass is 267 g/mol. The maximum atomic E-state index is 11.7. The van der Waals surface area contributed by atoms with Crippen molar-refractivity contribution < 1.29 is 9.90 Å². The van der Waals surface area contributed by atoms with E-state index >= 15 is 0 Å². The number of likely N-dealkylation sites (tertiary alicyclic amines) is 1. The third-order valence-corrected chi connectivity index (χ3v) is 5.63. The van der Waals surface area contributed by atoms with Crippen molar-refractivity contribution >= 4 is 5.97 Å². The van der Waals surface area contributed by atoms with Gasteiger partial charge in [-0.3, -0.25) is 9.69 Å². The summed E-state index contributed by atoms with van der Waals surface area (Å²) in [5, 5.41) is 9.61. The highest BCUT2D eigenvalue weighted by Crippen LogP contribution is 2.42. The molecule has 1 saturated carbocycles. The fourth-order valence-corrected chi connectivity index (χ4v) is 4.20. The number of carboxylic acid groups (broad SMARTS) is 1. The number of hydrogen-bond acceptors (Lipinski definition) is 2. The molecule has 1 saturated heterocycles. The van der Waals surface area contributed by atoms with Gasteiger partial charge in [0.05, 0.1) is 5.41 Å². The Labute approximate surface area is 117 Å². The van der Waals surface area contributed by atoms with E-state index in [0.29, 0.717) is 11.5 Å². The van der Waals surface area contributed by atoms with Gasteiger partial charge in [0, 0.05) is 12.6 Å². The molecule has 0 amide bonds. The summed E-state index contributed by atoms with van der Waals surface area (Å²) in [6.07, 6.45) is 7.79. The molecule has 2 fully saturated rings. The second-order valence-corrected chi connectivity index (χ2v) is 7.26. The largest absolute Gasteiger partial charge is 0.481 e. The third-order valence-electron chi connectivity index (χ3n) is 5.63. The molecule has 0 aromatic rings. The maximum absolute atomic E-state index is 11.7. The molecule has 1 N–H and O–H groups in total. The molecule has 2 unspecified atom stereocenters. The van der Waals surface area contributed by atoms with Crippen molar-refractivity contribution in [2.75, 3.05) is 13.1 Å². The van der Waals surface area contributed by atoms with Crippen LogP contribution in [-0.2, 0) is 4.79 Å². The smallest absolute Gasteiger partial charge is 0.310 e. The Kier molecular flexibility index (Phi) is 4.24. The Morgan fingerprint density at radius 3 is 2.58 bits per heavy atom. The summed E-state index contributed by atoms with van der Waals surface area (Å²) in [6.45, 7) is 8.60. The maximum Gasteiger partial charge on any atom is 0.310 e. The lowest BCUT2D eigenvalue weighted by Crippen LogP contribution is -2.55. The summed E-state index contributed by atoms with van der Waals surface area (Å²) in [5.74, 6) is -0.590. The number of piperidine rings is 1. The van der Waals surface area contributed by atoms with E-state index < -0.39 is 11.4 Å². The van der Waals surface area contributed by atoms with Gasteiger partial charge < -0.3 is 5.11 Å². The molecule has 0 aromatic carbocycles. The summed E-state index contributed by atoms with van der Waals surface area (Å²) < 4.78 is 0. The Balaban J connectivity index is 2.14. The Bertz CT molecular complexity index is 340. The summed E-state index contributed by atoms with van der Waals surface area (Å²) in [5.41, 5.74) is -0.153. The molecule has 0 bridgehead atoms. The van der Waals surface area contributed by atoms with Gasteiger partial charge in [-0.1, -0.05) is 33.6 Å². The highest BCUT2D eigenvalue weighted by atomic mass is 16.4. The van der Waals surface area contributed by atoms with Gasteiger partial charge in [0.1, 0.15) is 0 Å². The average molecular weight is 267 g/mol. The second kappa shape index (κ2) is 5.43. The molecule has 2 aliphatic rings. The number of carbonyl (C=O) groups is 1. The summed E-state index contributed by atoms with van der Waals surface area (Å²) in [7, 11) is 0. The fraction of sp³-hybridized carbons (Fsp3) is 0.938. The van der Waals surface area contributed by atoms with Crippen LogP contribution < -0.4 is 0 Å². The third kappa shape index (κ3) is 2.81. The zero-order valence-corrected chi connectivity index (χ0v) is 12.7. The van der Waals surface area contributed by atoms with E-state index in [1.165, 1.54) is 25.7 Å². The van der Waals surface area contributed by atoms with E-state index in [1.54, 1.807) is 0 Å². The van der Waals surface area contributed by atoms with Crippen LogP contribution >= 0.6 is 0 Å². The minimum absolute atomic E-state index is 0.341. The van der Waals surface area contributed by atoms with Gasteiger partial charge in [-0.25, -0.2) is 0 Å². The molecular weight excluding hydrogens is 238 g/mol. The van der Waals surface area contributed by atoms with Crippen molar-refractivity contribution in [3.05, 3.63) is 0 Å². The van der Waals surface area contributed by atoms with E-state index in [1.807, 2.05) is 6.92 Å². The van der Waals surface area contributed by atoms with Crippen molar-refractivity contribution in [2.24, 2.45) is 10.8 Å². The molecule has 1 aliphatic heterocycles. The Hall–Kier alpha value is -0.570. The first-order valence-corrected chi connectivity index (χ1v) is 7.89. The van der Waals surface area contributed by atoms with E-state index in [4.69, 9.17) is 0 Å². The number of nitrogens with zero attached hydrogens (tertiary/aromatic N) is 1. The minimum Gasteiger partial charge on any atom is -0.481 e. The zero-order valence-electron chi connectivity index (χ0n) is 12.7. The molecule has 1 aliphatic carbocycles. The van der Waals surface area contributed by atoms with Crippen LogP contribution in [0.1, 0.15) is 65.7 Å². The molecule has 110 valence electrons. The van der Waals surface area contributed by atoms with Gasteiger partial charge in [0.25, 0.3) is 0 Å². The zero-order chi connectivity index (χ0) is 14.1. The van der Waals surface area contributed by atoms with Gasteiger partial charge in [-0.15, -0.1) is 0 Å². The van der Waals surface area contributed by atoms with Crippen molar-refractivity contribution in [1.82, 2.24) is 4.90 Å². The van der Waals surface area contributed by atoms with E-state index in [9.17, 15) is 9.90 Å². The fourth-order valence-electron chi connectivity index (χ4n) is 4.20. The lowest BCUT2D eigenvalue weighted by molar-refractivity contribution is -0.154. The Morgan fingerprint density at radius 1 is 1.26 bits per heavy atom. The lowest BCUT2D eigenvalue weighted by atomic mass is 9.70. The standard InChI is InChI=1S/C16H29NO2/c1-4-16(14(18)19)10-7-11-17(12-16)13-8-5-6-9-15(13,2)3/h13H,4-12H2,1-3H3,(H,18,19). The van der Waals surface area contributed by atoms with Crippen molar-refractivity contribution in [2.45, 2.75) is 71.8 Å². The van der Waals surface area contributed by atoms with Crippen LogP contribution in [0.2, 0.25) is 0 Å². The van der Waals surface area contributed by atoms with Crippen LogP contribution in [0.5, 0.6) is 0 Å². The van der Waals surface area contributed by atoms with Gasteiger partial charge in [-0.2, -0.15) is 0 Å². The molecule has 3 nitrogen and oxygen atoms in total. The Morgan fingerprint density at radius 2 is 2.00 bits per heavy atom. The van der Waals surface area contributed by atoms with Gasteiger partial charge in [0.15, 0.2) is 0 Å². The van der Waals surface area contributed by atoms with Crippen LogP contribution in [0.15, 0.2) is 0 Å². The van der Waals surface area contributed by atoms with E-state index in [-0.39, 0.29) is 0 Å². The topological polar surface area (TPSA) is 40.5 Å². The van der Waals surface area contributed by atoms with Crippen LogP contribution in [0, 0.1) is 10.8 Å². The summed E-state index contributed by atoms with van der Waals surface area (Å²) >= 11 is 0. The highest BCUT2D eigenvalue weighted by Gasteiger charge is 2.45. The average Bonchev–Trinajstić information content (AvgIpc) is 2.38. The molecule has 19 heavy (non-hydrogen) atoms. The van der Waals surface area contributed by atoms with Gasteiger partial charge in [0.2, 0.25) is 0 Å². The van der Waals surface area contributed by atoms with Crippen molar-refractivity contribution in [1.29, 1.82) is 0 Å². The molecule has 1 heterocycles. The lowest BCUT2D eigenvalue weighted by Gasteiger charge is -2.50. The SMILES string of the molecule is CCC1(C(=O)O)CCCN(C2CCCCC2(C)C)C1. The molecule has 0 radical (unpaired) electrons. The van der Waals surface area contributed by atoms with Gasteiger partial charge >= 0.3 is 5.97 Å². The van der Waals surface area contributed by atoms with Crippen molar-refractivity contribution in [3.8, 4) is 0 Å². The molecule has 2 rings (SSSR count). The van der Waals surface area contributed by atoms with Crippen LogP contribution in [0.3, 0.4) is 0 Å². The molecular formula is C16H29NO2. The first kappa shape index (κ1) is 14.8. The van der Waals surface area contributed by atoms with Gasteiger partial charge in [-0.05, 0) is 44.1 Å². The first-order valence-electron chi connectivity index (χ1n) is 7.89. The van der Waals surface area contributed by atoms with E-state index in [0.717, 1.165) is 32.4 Å². The quantitative estimate of drug-likeness (QED) is 0.850. The second-order valence-electron chi connectivity index (χ2n) is 7.26. The number of carboxylic acids is 1. The summed E-state index contributed by atoms with van der Waals surface area (Å²) in [6, 6.07) is 0.576. The predicted octanol–water partition coefficient (Wildman–Crippen LogP) is 3.53. The molecule has 3 heteroatoms. The predicted molar refractivity (Wildman–Crippen MR) is 77.2 cm³/mol. The minimum atomic E-state index is -0.590. The van der Waals surface area contributed by atoms with Crippen LogP contribution in [-0.4, -0.2) is 35.1 Å². The normalized spacial score (nSPS) is 36.1. The number of aliphatic carboxylic acids is 1. The van der Waals surface area contributed by atoms with Crippen molar-refractivity contribution in [3.63, 3.8) is 0 Å². The van der Waals surface area contributed by atoms with Crippen LogP contribution in [0.4, 0.5) is 0 Å².